The Kier molecular flexibility index (Phi) is 3.24. The quantitative estimate of drug-likeness (QED) is 0.920. The lowest BCUT2D eigenvalue weighted by molar-refractivity contribution is 0.780. The van der Waals surface area contributed by atoms with Crippen LogP contribution in [0, 0.1) is 0 Å². The summed E-state index contributed by atoms with van der Waals surface area (Å²) in [6.07, 6.45) is 0. The number of nitrogen functional groups attached to an aromatic ring is 1. The van der Waals surface area contributed by atoms with E-state index in [-0.39, 0.29) is 0 Å². The molecule has 0 amide bonds. The fraction of sp³-hybridized carbons (Fsp3) is 0.308. The van der Waals surface area contributed by atoms with Crippen LogP contribution < -0.4 is 5.73 Å². The summed E-state index contributed by atoms with van der Waals surface area (Å²) in [4.78, 5) is 0. The molecule has 3 nitrogen and oxygen atoms in total. The molecule has 0 atom stereocenters. The molecule has 1 heterocycles. The van der Waals surface area contributed by atoms with Crippen molar-refractivity contribution < 1.29 is 0 Å². The SMILES string of the molecule is CC(C)c1c(-c2ccc(Br)cc2)nn(C)c1N. The topological polar surface area (TPSA) is 43.8 Å². The van der Waals surface area contributed by atoms with Crippen molar-refractivity contribution in [3.8, 4) is 11.3 Å². The molecule has 0 aliphatic heterocycles. The molecule has 0 bridgehead atoms. The molecule has 2 N–H and O–H groups in total. The van der Waals surface area contributed by atoms with Crippen LogP contribution in [-0.4, -0.2) is 9.78 Å². The molecule has 0 saturated heterocycles. The van der Waals surface area contributed by atoms with Gasteiger partial charge in [0.15, 0.2) is 0 Å². The summed E-state index contributed by atoms with van der Waals surface area (Å²) in [7, 11) is 1.88. The van der Waals surface area contributed by atoms with E-state index in [0.717, 1.165) is 27.1 Å². The van der Waals surface area contributed by atoms with Crippen LogP contribution in [0.4, 0.5) is 5.82 Å². The molecular formula is C13H16BrN3. The monoisotopic (exact) mass is 293 g/mol. The summed E-state index contributed by atoms with van der Waals surface area (Å²) < 4.78 is 2.81. The van der Waals surface area contributed by atoms with Crippen molar-refractivity contribution in [2.24, 2.45) is 7.05 Å². The van der Waals surface area contributed by atoms with E-state index in [4.69, 9.17) is 5.73 Å². The Balaban J connectivity index is 2.59. The molecule has 0 spiro atoms. The number of aryl methyl sites for hydroxylation is 1. The van der Waals surface area contributed by atoms with E-state index >= 15 is 0 Å². The highest BCUT2D eigenvalue weighted by atomic mass is 79.9. The maximum atomic E-state index is 6.06. The van der Waals surface area contributed by atoms with Gasteiger partial charge in [-0.1, -0.05) is 41.9 Å². The van der Waals surface area contributed by atoms with Gasteiger partial charge in [0.25, 0.3) is 0 Å². The molecule has 1 aromatic heterocycles. The summed E-state index contributed by atoms with van der Waals surface area (Å²) >= 11 is 3.43. The summed E-state index contributed by atoms with van der Waals surface area (Å²) in [5.74, 6) is 1.11. The van der Waals surface area contributed by atoms with Crippen LogP contribution in [-0.2, 0) is 7.05 Å². The van der Waals surface area contributed by atoms with E-state index in [0.29, 0.717) is 5.92 Å². The molecular weight excluding hydrogens is 278 g/mol. The van der Waals surface area contributed by atoms with E-state index < -0.39 is 0 Å². The molecule has 17 heavy (non-hydrogen) atoms. The molecule has 90 valence electrons. The van der Waals surface area contributed by atoms with Crippen LogP contribution >= 0.6 is 15.9 Å². The maximum absolute atomic E-state index is 6.06. The van der Waals surface area contributed by atoms with Gasteiger partial charge in [-0.25, -0.2) is 0 Å². The first kappa shape index (κ1) is 12.2. The molecule has 4 heteroatoms. The molecule has 0 fully saturated rings. The molecule has 2 aromatic rings. The predicted molar refractivity (Wildman–Crippen MR) is 74.8 cm³/mol. The van der Waals surface area contributed by atoms with Crippen molar-refractivity contribution in [1.29, 1.82) is 0 Å². The summed E-state index contributed by atoms with van der Waals surface area (Å²) in [5.41, 5.74) is 9.26. The highest BCUT2D eigenvalue weighted by Gasteiger charge is 2.17. The molecule has 0 aliphatic carbocycles. The first-order chi connectivity index (χ1) is 8.00. The number of halogens is 1. The van der Waals surface area contributed by atoms with Crippen molar-refractivity contribution in [2.75, 3.05) is 5.73 Å². The van der Waals surface area contributed by atoms with Crippen LogP contribution in [0.1, 0.15) is 25.3 Å². The largest absolute Gasteiger partial charge is 0.384 e. The van der Waals surface area contributed by atoms with Crippen LogP contribution in [0.3, 0.4) is 0 Å². The van der Waals surface area contributed by atoms with E-state index in [1.165, 1.54) is 0 Å². The lowest BCUT2D eigenvalue weighted by Crippen LogP contribution is -2.00. The fourth-order valence-corrected chi connectivity index (χ4v) is 2.21. The Morgan fingerprint density at radius 1 is 1.24 bits per heavy atom. The van der Waals surface area contributed by atoms with Crippen molar-refractivity contribution >= 4 is 21.7 Å². The van der Waals surface area contributed by atoms with Crippen molar-refractivity contribution in [2.45, 2.75) is 19.8 Å². The summed E-state index contributed by atoms with van der Waals surface area (Å²) in [6.45, 7) is 4.27. The second-order valence-electron chi connectivity index (χ2n) is 4.43. The molecule has 0 saturated carbocycles. The van der Waals surface area contributed by atoms with Gasteiger partial charge < -0.3 is 5.73 Å². The van der Waals surface area contributed by atoms with Crippen LogP contribution in [0.5, 0.6) is 0 Å². The predicted octanol–water partition coefficient (Wildman–Crippen LogP) is 3.56. The zero-order chi connectivity index (χ0) is 12.6. The lowest BCUT2D eigenvalue weighted by atomic mass is 9.99. The zero-order valence-corrected chi connectivity index (χ0v) is 11.8. The highest BCUT2D eigenvalue weighted by Crippen LogP contribution is 2.32. The first-order valence-corrected chi connectivity index (χ1v) is 6.38. The minimum absolute atomic E-state index is 0.363. The van der Waals surface area contributed by atoms with Gasteiger partial charge in [-0.3, -0.25) is 4.68 Å². The van der Waals surface area contributed by atoms with E-state index in [1.807, 2.05) is 19.2 Å². The third-order valence-electron chi connectivity index (χ3n) is 2.82. The van der Waals surface area contributed by atoms with E-state index in [2.05, 4.69) is 47.0 Å². The van der Waals surface area contributed by atoms with Crippen LogP contribution in [0.25, 0.3) is 11.3 Å². The number of hydrogen-bond donors (Lipinski definition) is 1. The molecule has 0 unspecified atom stereocenters. The average Bonchev–Trinajstić information content (AvgIpc) is 2.56. The van der Waals surface area contributed by atoms with Gasteiger partial charge in [-0.15, -0.1) is 0 Å². The highest BCUT2D eigenvalue weighted by molar-refractivity contribution is 9.10. The Labute approximate surface area is 110 Å². The Hall–Kier alpha value is -1.29. The van der Waals surface area contributed by atoms with Gasteiger partial charge >= 0.3 is 0 Å². The van der Waals surface area contributed by atoms with Crippen LogP contribution in [0.2, 0.25) is 0 Å². The summed E-state index contributed by atoms with van der Waals surface area (Å²) in [6, 6.07) is 8.14. The Morgan fingerprint density at radius 3 is 2.35 bits per heavy atom. The fourth-order valence-electron chi connectivity index (χ4n) is 1.94. The van der Waals surface area contributed by atoms with Crippen molar-refractivity contribution in [3.63, 3.8) is 0 Å². The summed E-state index contributed by atoms with van der Waals surface area (Å²) in [5, 5.41) is 4.51. The van der Waals surface area contributed by atoms with Crippen molar-refractivity contribution in [1.82, 2.24) is 9.78 Å². The number of aromatic nitrogens is 2. The number of rotatable bonds is 2. The minimum atomic E-state index is 0.363. The maximum Gasteiger partial charge on any atom is 0.125 e. The number of hydrogen-bond acceptors (Lipinski definition) is 2. The van der Waals surface area contributed by atoms with Gasteiger partial charge in [0.2, 0.25) is 0 Å². The minimum Gasteiger partial charge on any atom is -0.384 e. The standard InChI is InChI=1S/C13H16BrN3/c1-8(2)11-12(16-17(3)13(11)15)9-4-6-10(14)7-5-9/h4-8H,15H2,1-3H3. The number of anilines is 1. The van der Waals surface area contributed by atoms with E-state index in [9.17, 15) is 0 Å². The third kappa shape index (κ3) is 2.22. The molecule has 1 aromatic carbocycles. The smallest absolute Gasteiger partial charge is 0.125 e. The lowest BCUT2D eigenvalue weighted by Gasteiger charge is -2.07. The second kappa shape index (κ2) is 4.53. The molecule has 0 aliphatic rings. The number of nitrogens with zero attached hydrogens (tertiary/aromatic N) is 2. The molecule has 0 radical (unpaired) electrons. The van der Waals surface area contributed by atoms with Gasteiger partial charge in [0, 0.05) is 22.6 Å². The molecule has 2 rings (SSSR count). The van der Waals surface area contributed by atoms with Gasteiger partial charge in [-0.05, 0) is 18.1 Å². The number of benzene rings is 1. The van der Waals surface area contributed by atoms with Gasteiger partial charge in [0.05, 0.1) is 5.69 Å². The Bertz CT molecular complexity index is 526. The number of nitrogens with two attached hydrogens (primary N) is 1. The third-order valence-corrected chi connectivity index (χ3v) is 3.35. The first-order valence-electron chi connectivity index (χ1n) is 5.59. The average molecular weight is 294 g/mol. The normalized spacial score (nSPS) is 11.1. The zero-order valence-electron chi connectivity index (χ0n) is 10.2. The van der Waals surface area contributed by atoms with E-state index in [1.54, 1.807) is 4.68 Å². The second-order valence-corrected chi connectivity index (χ2v) is 5.35. The Morgan fingerprint density at radius 2 is 1.82 bits per heavy atom. The van der Waals surface area contributed by atoms with Crippen molar-refractivity contribution in [3.05, 3.63) is 34.3 Å². The van der Waals surface area contributed by atoms with Gasteiger partial charge in [-0.2, -0.15) is 5.10 Å². The van der Waals surface area contributed by atoms with Crippen LogP contribution in [0.15, 0.2) is 28.7 Å². The van der Waals surface area contributed by atoms with Gasteiger partial charge in [0.1, 0.15) is 5.82 Å².